The minimum absolute atomic E-state index is 0.0106. The van der Waals surface area contributed by atoms with Crippen molar-refractivity contribution in [1.29, 1.82) is 0 Å². The van der Waals surface area contributed by atoms with Crippen LogP contribution >= 0.6 is 0 Å². The first-order valence-corrected chi connectivity index (χ1v) is 14.3. The van der Waals surface area contributed by atoms with E-state index in [4.69, 9.17) is 17.3 Å². The second kappa shape index (κ2) is 11.6. The molecule has 2 fully saturated rings. The van der Waals surface area contributed by atoms with Crippen molar-refractivity contribution in [3.63, 3.8) is 0 Å². The van der Waals surface area contributed by atoms with Crippen molar-refractivity contribution in [2.75, 3.05) is 19.8 Å². The summed E-state index contributed by atoms with van der Waals surface area (Å²) >= 11 is -1.12. The number of benzene rings is 2. The molecule has 0 saturated carbocycles. The summed E-state index contributed by atoms with van der Waals surface area (Å²) in [4.78, 5) is 41.7. The third-order valence-corrected chi connectivity index (χ3v) is 9.88. The van der Waals surface area contributed by atoms with Crippen LogP contribution < -0.4 is 21.6 Å². The number of hydrogen-bond donors (Lipinski definition) is 0. The fourth-order valence-corrected chi connectivity index (χ4v) is 7.46. The molecule has 3 heterocycles. The number of alkyl halides is 1. The van der Waals surface area contributed by atoms with Crippen molar-refractivity contribution in [3.05, 3.63) is 83.4 Å². The quantitative estimate of drug-likeness (QED) is 0.256. The van der Waals surface area contributed by atoms with Gasteiger partial charge in [-0.1, -0.05) is 0 Å². The molecule has 8 nitrogen and oxygen atoms in total. The van der Waals surface area contributed by atoms with Gasteiger partial charge in [0.2, 0.25) is 0 Å². The molecule has 3 aliphatic rings. The van der Waals surface area contributed by atoms with Gasteiger partial charge in [-0.15, -0.1) is 0 Å². The second-order valence-corrected chi connectivity index (χ2v) is 11.6. The van der Waals surface area contributed by atoms with Crippen molar-refractivity contribution in [3.8, 4) is 0 Å². The van der Waals surface area contributed by atoms with E-state index in [1.807, 2.05) is 18.2 Å². The Hall–Kier alpha value is -3.05. The number of amides is 1. The Morgan fingerprint density at radius 3 is 2.35 bits per heavy atom. The van der Waals surface area contributed by atoms with Gasteiger partial charge in [-0.2, -0.15) is 0 Å². The third kappa shape index (κ3) is 5.77. The molecule has 37 heavy (non-hydrogen) atoms. The number of fused-ring (bicyclic) bond motifs is 1. The number of nitrogens with zero attached hydrogens (tertiary/aromatic N) is 1. The van der Waals surface area contributed by atoms with Crippen LogP contribution in [0.3, 0.4) is 0 Å². The van der Waals surface area contributed by atoms with Gasteiger partial charge in [0.05, 0.1) is 0 Å². The maximum atomic E-state index is 12.7. The number of allylic oxidation sites excluding steroid dienone is 1. The normalized spacial score (nSPS) is 26.9. The summed E-state index contributed by atoms with van der Waals surface area (Å²) in [5.41, 5.74) is 1.57. The number of hydrogen-bond acceptors (Lipinski definition) is 7. The molecule has 2 aromatic carbocycles. The number of carbonyl (C=O) groups is 3. The summed E-state index contributed by atoms with van der Waals surface area (Å²) in [6.45, 7) is 2.67. The van der Waals surface area contributed by atoms with E-state index in [9.17, 15) is 14.4 Å². The Labute approximate surface area is 225 Å². The topological polar surface area (TPSA) is 100 Å². The van der Waals surface area contributed by atoms with Gasteiger partial charge < -0.3 is 0 Å². The summed E-state index contributed by atoms with van der Waals surface area (Å²) in [5.74, 6) is -0.584. The Bertz CT molecular complexity index is 1210. The van der Waals surface area contributed by atoms with Crippen molar-refractivity contribution in [2.24, 2.45) is 22.7 Å². The number of ether oxygens (including phenoxy) is 3. The molecule has 1 amide bonds. The average molecular weight is 616 g/mol. The first-order valence-electron chi connectivity index (χ1n) is 12.2. The number of esters is 1. The molecular weight excluding hydrogens is 589 g/mol. The van der Waals surface area contributed by atoms with Gasteiger partial charge in [0, 0.05) is 0 Å². The second-order valence-electron chi connectivity index (χ2n) is 9.22. The number of aliphatic imine (C=N–C) groups is 1. The van der Waals surface area contributed by atoms with Crippen LogP contribution in [-0.2, 0) is 22.1 Å². The van der Waals surface area contributed by atoms with Crippen LogP contribution in [0, 0.1) is 17.8 Å². The maximum absolute atomic E-state index is 12.7. The Kier molecular flexibility index (Phi) is 7.99. The minimum atomic E-state index is -1.12. The van der Waals surface area contributed by atoms with E-state index in [1.165, 1.54) is 0 Å². The summed E-state index contributed by atoms with van der Waals surface area (Å²) in [6, 6.07) is 17.7. The molecule has 0 aromatic heterocycles. The Balaban J connectivity index is 1.32. The predicted molar refractivity (Wildman–Crippen MR) is 129 cm³/mol. The molecule has 0 spiro atoms. The van der Waals surface area contributed by atoms with E-state index < -0.39 is 33.7 Å². The Morgan fingerprint density at radius 2 is 1.65 bits per heavy atom. The molecule has 2 saturated heterocycles. The molecule has 5 unspecified atom stereocenters. The molecule has 0 bridgehead atoms. The molecule has 194 valence electrons. The first-order chi connectivity index (χ1) is 18.0. The fraction of sp³-hybridized carbons (Fsp3) is 0.357. The van der Waals surface area contributed by atoms with E-state index in [2.05, 4.69) is 4.99 Å². The number of carbonyl (C=O) groups excluding carboxylic acids is 3. The molecule has 9 heteroatoms. The summed E-state index contributed by atoms with van der Waals surface area (Å²) < 4.78 is 23.3. The van der Waals surface area contributed by atoms with Gasteiger partial charge >= 0.3 is 226 Å². The van der Waals surface area contributed by atoms with Crippen molar-refractivity contribution in [1.82, 2.24) is 0 Å². The van der Waals surface area contributed by atoms with Crippen LogP contribution in [0.1, 0.15) is 34.1 Å². The van der Waals surface area contributed by atoms with Gasteiger partial charge in [0.1, 0.15) is 0 Å². The molecule has 5 atom stereocenters. The number of halogens is 1. The van der Waals surface area contributed by atoms with Gasteiger partial charge in [-0.05, 0) is 0 Å². The van der Waals surface area contributed by atoms with Crippen molar-refractivity contribution < 1.29 is 53.3 Å². The summed E-state index contributed by atoms with van der Waals surface area (Å²) in [7, 11) is 0. The van der Waals surface area contributed by atoms with E-state index in [-0.39, 0.29) is 40.2 Å². The van der Waals surface area contributed by atoms with Crippen LogP contribution in [0.4, 0.5) is 0 Å². The zero-order valence-corrected chi connectivity index (χ0v) is 22.4. The molecular formula is C28H27INO7-. The van der Waals surface area contributed by atoms with Gasteiger partial charge in [0.15, 0.2) is 0 Å². The van der Waals surface area contributed by atoms with E-state index in [0.29, 0.717) is 42.2 Å². The van der Waals surface area contributed by atoms with Crippen LogP contribution in [0.5, 0.6) is 0 Å². The van der Waals surface area contributed by atoms with Crippen LogP contribution in [0.2, 0.25) is 0 Å². The fourth-order valence-electron chi connectivity index (χ4n) is 4.82. The van der Waals surface area contributed by atoms with E-state index >= 15 is 0 Å². The zero-order valence-electron chi connectivity index (χ0n) is 20.2. The molecule has 0 radical (unpaired) electrons. The molecule has 0 aliphatic carbocycles. The van der Waals surface area contributed by atoms with Crippen molar-refractivity contribution >= 4 is 23.7 Å². The van der Waals surface area contributed by atoms with Crippen LogP contribution in [0.15, 0.2) is 77.3 Å². The van der Waals surface area contributed by atoms with Gasteiger partial charge in [-0.3, -0.25) is 0 Å². The van der Waals surface area contributed by atoms with Crippen LogP contribution in [-0.4, -0.2) is 53.6 Å². The SMILES string of the molecule is CC1=CCC2C(=NC1=O)OCC2C1COC(COC(=O)c2ccccc2)C1[I-]OC(=O)c1ccccc1. The standard InChI is InChI=1S/C28H27INO7/c1-17-12-13-20-21(14-35-26(20)30-25(17)31)22-15-34-23(16-36-27(32)18-8-4-2-5-9-18)24(22)29-37-28(33)19-10-6-3-7-11-19/h2-12,20-24H,13-16H2,1H3/q-1. The third-order valence-electron chi connectivity index (χ3n) is 6.92. The summed E-state index contributed by atoms with van der Waals surface area (Å²) in [6.07, 6.45) is 2.17. The van der Waals surface area contributed by atoms with Crippen molar-refractivity contribution in [2.45, 2.75) is 23.4 Å². The average Bonchev–Trinajstić information content (AvgIpc) is 3.48. The monoisotopic (exact) mass is 616 g/mol. The molecule has 0 N–H and O–H groups in total. The molecule has 5 rings (SSSR count). The zero-order chi connectivity index (χ0) is 25.8. The first kappa shape index (κ1) is 25.6. The summed E-state index contributed by atoms with van der Waals surface area (Å²) in [5, 5.41) is 0. The van der Waals surface area contributed by atoms with Gasteiger partial charge in [-0.25, -0.2) is 0 Å². The van der Waals surface area contributed by atoms with Crippen LogP contribution in [0.25, 0.3) is 0 Å². The van der Waals surface area contributed by atoms with E-state index in [1.54, 1.807) is 55.5 Å². The van der Waals surface area contributed by atoms with E-state index in [0.717, 1.165) is 0 Å². The molecule has 3 aliphatic heterocycles. The predicted octanol–water partition coefficient (Wildman–Crippen LogP) is 0.626. The molecule has 2 aromatic rings. The Morgan fingerprint density at radius 1 is 0.973 bits per heavy atom. The number of rotatable bonds is 7. The van der Waals surface area contributed by atoms with Gasteiger partial charge in [0.25, 0.3) is 0 Å².